The quantitative estimate of drug-likeness (QED) is 0.296. The molecule has 16 heavy (non-hydrogen) atoms. The summed E-state index contributed by atoms with van der Waals surface area (Å²) in [6.07, 6.45) is 5.60. The van der Waals surface area contributed by atoms with Crippen LogP contribution in [0.4, 0.5) is 5.69 Å². The molecule has 0 aromatic heterocycles. The van der Waals surface area contributed by atoms with Gasteiger partial charge in [0.05, 0.1) is 0 Å². The van der Waals surface area contributed by atoms with E-state index in [9.17, 15) is 9.59 Å². The molecular formula is C12H11NO3. The van der Waals surface area contributed by atoms with Crippen molar-refractivity contribution in [1.29, 1.82) is 0 Å². The lowest BCUT2D eigenvalue weighted by atomic mass is 10.1. The van der Waals surface area contributed by atoms with E-state index in [0.29, 0.717) is 5.69 Å². The number of hydrogen-bond acceptors (Lipinski definition) is 4. The lowest BCUT2D eigenvalue weighted by molar-refractivity contribution is -0.131. The zero-order valence-electron chi connectivity index (χ0n) is 8.46. The number of benzene rings is 1. The summed E-state index contributed by atoms with van der Waals surface area (Å²) in [5.74, 6) is -0.626. The first kappa shape index (κ1) is 11.7. The number of rotatable bonds is 0. The number of nitrogens with two attached hydrogens (primary N) is 1. The molecule has 0 heterocycles. The minimum Gasteiger partial charge on any atom is -0.508 e. The van der Waals surface area contributed by atoms with Crippen LogP contribution < -0.4 is 5.73 Å². The van der Waals surface area contributed by atoms with Crippen LogP contribution in [0.3, 0.4) is 0 Å². The fourth-order valence-corrected chi connectivity index (χ4v) is 0.924. The minimum atomic E-state index is -0.437. The molecule has 1 aliphatic carbocycles. The number of nitrogen functional groups attached to an aromatic ring is 1. The number of aromatic hydroxyl groups is 1. The summed E-state index contributed by atoms with van der Waals surface area (Å²) in [6.45, 7) is 0. The molecule has 1 aliphatic rings. The Labute approximate surface area is 92.7 Å². The van der Waals surface area contributed by atoms with Gasteiger partial charge < -0.3 is 10.8 Å². The second-order valence-corrected chi connectivity index (χ2v) is 3.04. The molecular weight excluding hydrogens is 206 g/mol. The predicted molar refractivity (Wildman–Crippen MR) is 60.8 cm³/mol. The SMILES string of the molecule is Nc1ccc(O)cc1.O=C1C=CC=CC1=O. The van der Waals surface area contributed by atoms with E-state index in [1.165, 1.54) is 12.2 Å². The molecule has 0 bridgehead atoms. The van der Waals surface area contributed by atoms with Crippen molar-refractivity contribution >= 4 is 17.3 Å². The number of anilines is 1. The second kappa shape index (κ2) is 5.50. The summed E-state index contributed by atoms with van der Waals surface area (Å²) in [6, 6.07) is 6.40. The van der Waals surface area contributed by atoms with E-state index >= 15 is 0 Å². The largest absolute Gasteiger partial charge is 0.508 e. The molecule has 0 amide bonds. The maximum absolute atomic E-state index is 10.3. The molecule has 4 heteroatoms. The molecule has 0 saturated carbocycles. The Bertz CT molecular complexity index is 401. The third-order valence-electron chi connectivity index (χ3n) is 1.74. The molecule has 0 saturated heterocycles. The Morgan fingerprint density at radius 2 is 1.31 bits per heavy atom. The van der Waals surface area contributed by atoms with Crippen LogP contribution in [0.25, 0.3) is 0 Å². The zero-order valence-corrected chi connectivity index (χ0v) is 8.46. The Hall–Kier alpha value is -2.36. The highest BCUT2D eigenvalue weighted by Gasteiger charge is 2.06. The maximum atomic E-state index is 10.3. The highest BCUT2D eigenvalue weighted by atomic mass is 16.3. The van der Waals surface area contributed by atoms with Crippen molar-refractivity contribution in [2.24, 2.45) is 0 Å². The molecule has 0 atom stereocenters. The molecule has 0 unspecified atom stereocenters. The van der Waals surface area contributed by atoms with Crippen LogP contribution in [0.15, 0.2) is 48.6 Å². The zero-order chi connectivity index (χ0) is 12.0. The Balaban J connectivity index is 0.000000160. The summed E-state index contributed by atoms with van der Waals surface area (Å²) >= 11 is 0. The highest BCUT2D eigenvalue weighted by molar-refractivity contribution is 6.46. The van der Waals surface area contributed by atoms with Crippen molar-refractivity contribution in [2.45, 2.75) is 0 Å². The van der Waals surface area contributed by atoms with Gasteiger partial charge in [0.15, 0.2) is 0 Å². The fourth-order valence-electron chi connectivity index (χ4n) is 0.924. The van der Waals surface area contributed by atoms with Crippen molar-refractivity contribution in [3.63, 3.8) is 0 Å². The van der Waals surface area contributed by atoms with E-state index in [1.54, 1.807) is 36.4 Å². The van der Waals surface area contributed by atoms with Gasteiger partial charge in [-0.15, -0.1) is 0 Å². The van der Waals surface area contributed by atoms with E-state index < -0.39 is 11.6 Å². The van der Waals surface area contributed by atoms with Crippen LogP contribution in [0.2, 0.25) is 0 Å². The van der Waals surface area contributed by atoms with Gasteiger partial charge in [0, 0.05) is 5.69 Å². The van der Waals surface area contributed by atoms with Gasteiger partial charge in [-0.05, 0) is 36.4 Å². The van der Waals surface area contributed by atoms with Crippen molar-refractivity contribution < 1.29 is 14.7 Å². The monoisotopic (exact) mass is 217 g/mol. The number of carbonyl (C=O) groups is 2. The van der Waals surface area contributed by atoms with E-state index in [2.05, 4.69) is 0 Å². The molecule has 0 fully saturated rings. The van der Waals surface area contributed by atoms with Crippen molar-refractivity contribution in [2.75, 3.05) is 5.73 Å². The lowest BCUT2D eigenvalue weighted by Crippen LogP contribution is -2.08. The number of phenols is 1. The number of allylic oxidation sites excluding steroid dienone is 4. The second-order valence-electron chi connectivity index (χ2n) is 3.04. The van der Waals surface area contributed by atoms with Crippen molar-refractivity contribution in [1.82, 2.24) is 0 Å². The van der Waals surface area contributed by atoms with Gasteiger partial charge in [-0.1, -0.05) is 12.2 Å². The highest BCUT2D eigenvalue weighted by Crippen LogP contribution is 2.09. The summed E-state index contributed by atoms with van der Waals surface area (Å²) in [4.78, 5) is 20.6. The van der Waals surface area contributed by atoms with Crippen LogP contribution in [0.1, 0.15) is 0 Å². The summed E-state index contributed by atoms with van der Waals surface area (Å²) in [5, 5.41) is 8.70. The first-order valence-corrected chi connectivity index (χ1v) is 4.57. The summed E-state index contributed by atoms with van der Waals surface area (Å²) in [7, 11) is 0. The van der Waals surface area contributed by atoms with Crippen molar-refractivity contribution in [3.8, 4) is 5.75 Å². The van der Waals surface area contributed by atoms with Crippen LogP contribution in [0, 0.1) is 0 Å². The first-order valence-electron chi connectivity index (χ1n) is 4.57. The maximum Gasteiger partial charge on any atom is 0.225 e. The molecule has 2 rings (SSSR count). The van der Waals surface area contributed by atoms with E-state index in [0.717, 1.165) is 0 Å². The Kier molecular flexibility index (Phi) is 4.03. The molecule has 4 nitrogen and oxygen atoms in total. The van der Waals surface area contributed by atoms with E-state index in [1.807, 2.05) is 0 Å². The first-order chi connectivity index (χ1) is 7.59. The van der Waals surface area contributed by atoms with E-state index in [4.69, 9.17) is 10.8 Å². The van der Waals surface area contributed by atoms with Crippen LogP contribution in [-0.2, 0) is 9.59 Å². The average molecular weight is 217 g/mol. The lowest BCUT2D eigenvalue weighted by Gasteiger charge is -1.89. The van der Waals surface area contributed by atoms with Crippen LogP contribution in [0.5, 0.6) is 5.75 Å². The molecule has 0 radical (unpaired) electrons. The van der Waals surface area contributed by atoms with Gasteiger partial charge in [-0.25, -0.2) is 0 Å². The van der Waals surface area contributed by atoms with Crippen LogP contribution in [-0.4, -0.2) is 16.7 Å². The topological polar surface area (TPSA) is 80.4 Å². The third kappa shape index (κ3) is 3.79. The van der Waals surface area contributed by atoms with E-state index in [-0.39, 0.29) is 5.75 Å². The van der Waals surface area contributed by atoms with Gasteiger partial charge >= 0.3 is 0 Å². The number of ketones is 2. The van der Waals surface area contributed by atoms with Gasteiger partial charge in [0.25, 0.3) is 0 Å². The Morgan fingerprint density at radius 3 is 1.62 bits per heavy atom. The summed E-state index contributed by atoms with van der Waals surface area (Å²) in [5.41, 5.74) is 5.98. The molecule has 1 aromatic rings. The predicted octanol–water partition coefficient (Wildman–Crippen LogP) is 1.22. The van der Waals surface area contributed by atoms with Crippen molar-refractivity contribution in [3.05, 3.63) is 48.6 Å². The van der Waals surface area contributed by atoms with Gasteiger partial charge in [-0.3, -0.25) is 9.59 Å². The average Bonchev–Trinajstić information content (AvgIpc) is 2.28. The standard InChI is InChI=1S/C6H7NO.C6H4O2/c7-5-1-3-6(8)4-2-5;7-5-3-1-2-4-6(5)8/h1-4,8H,7H2;1-4H. The number of hydrogen-bond donors (Lipinski definition) is 2. The van der Waals surface area contributed by atoms with Gasteiger partial charge in [-0.2, -0.15) is 0 Å². The minimum absolute atomic E-state index is 0.249. The molecule has 1 aromatic carbocycles. The molecule has 0 spiro atoms. The number of carbonyl (C=O) groups excluding carboxylic acids is 2. The molecule has 3 N–H and O–H groups in total. The van der Waals surface area contributed by atoms with Gasteiger partial charge in [0.2, 0.25) is 11.6 Å². The van der Waals surface area contributed by atoms with Gasteiger partial charge in [0.1, 0.15) is 5.75 Å². The fraction of sp³-hybridized carbons (Fsp3) is 0. The normalized spacial score (nSPS) is 13.2. The molecule has 0 aliphatic heterocycles. The summed E-state index contributed by atoms with van der Waals surface area (Å²) < 4.78 is 0. The number of phenolic OH excluding ortho intramolecular Hbond substituents is 1. The third-order valence-corrected chi connectivity index (χ3v) is 1.74. The Morgan fingerprint density at radius 1 is 0.875 bits per heavy atom. The smallest absolute Gasteiger partial charge is 0.225 e. The van der Waals surface area contributed by atoms with Crippen LogP contribution >= 0.6 is 0 Å². The molecule has 82 valence electrons.